The highest BCUT2D eigenvalue weighted by Crippen LogP contribution is 2.38. The Morgan fingerprint density at radius 3 is 1.87 bits per heavy atom. The van der Waals surface area contributed by atoms with Gasteiger partial charge in [-0.1, -0.05) is 82.9 Å². The van der Waals surface area contributed by atoms with Crippen LogP contribution in [0.15, 0.2) is 42.7 Å². The lowest BCUT2D eigenvalue weighted by atomic mass is 10.1. The van der Waals surface area contributed by atoms with Crippen molar-refractivity contribution in [2.24, 2.45) is 0 Å². The summed E-state index contributed by atoms with van der Waals surface area (Å²) in [5, 5.41) is 0. The fraction of sp³-hybridized carbons (Fsp3) is 0.720. The number of pyridine rings is 1. The van der Waals surface area contributed by atoms with Crippen LogP contribution >= 0.6 is 7.82 Å². The fourth-order valence-corrected chi connectivity index (χ4v) is 4.14. The molecule has 1 heterocycles. The van der Waals surface area contributed by atoms with Crippen LogP contribution in [0.5, 0.6) is 0 Å². The van der Waals surface area contributed by atoms with E-state index in [0.29, 0.717) is 6.54 Å². The highest BCUT2D eigenvalue weighted by Gasteiger charge is 2.10. The molecule has 0 saturated heterocycles. The summed E-state index contributed by atoms with van der Waals surface area (Å²) in [6, 6.07) is 5.69. The standard InChI is InChI=1S/C25H44NO4P/c1-2-3-4-5-6-7-8-9-10-11-12-13-14-15-16-20-24-29-31(27,28)30-25-23-26-21-18-17-19-22-26/h9-10,17-19,21-22H,2-8,11-16,20,23-25H2,1H3/b10-9-. The maximum atomic E-state index is 11.7. The van der Waals surface area contributed by atoms with Gasteiger partial charge in [-0.2, -0.15) is 0 Å². The second-order valence-electron chi connectivity index (χ2n) is 8.16. The van der Waals surface area contributed by atoms with Crippen molar-refractivity contribution in [2.75, 3.05) is 13.2 Å². The lowest BCUT2D eigenvalue weighted by Crippen LogP contribution is -2.34. The molecule has 1 rings (SSSR count). The van der Waals surface area contributed by atoms with Crippen LogP contribution in [-0.2, 0) is 20.2 Å². The van der Waals surface area contributed by atoms with Crippen LogP contribution in [-0.4, -0.2) is 13.2 Å². The highest BCUT2D eigenvalue weighted by molar-refractivity contribution is 7.45. The van der Waals surface area contributed by atoms with Crippen molar-refractivity contribution in [3.8, 4) is 0 Å². The van der Waals surface area contributed by atoms with Crippen molar-refractivity contribution in [3.63, 3.8) is 0 Å². The summed E-state index contributed by atoms with van der Waals surface area (Å²) in [5.41, 5.74) is 0. The lowest BCUT2D eigenvalue weighted by molar-refractivity contribution is -0.697. The molecule has 1 unspecified atom stereocenters. The highest BCUT2D eigenvalue weighted by atomic mass is 31.2. The van der Waals surface area contributed by atoms with Gasteiger partial charge in [0.2, 0.25) is 0 Å². The predicted molar refractivity (Wildman–Crippen MR) is 126 cm³/mol. The van der Waals surface area contributed by atoms with E-state index in [4.69, 9.17) is 9.05 Å². The molecule has 0 spiro atoms. The van der Waals surface area contributed by atoms with Gasteiger partial charge < -0.3 is 13.9 Å². The second kappa shape index (κ2) is 19.7. The molecule has 0 aliphatic rings. The first-order valence-electron chi connectivity index (χ1n) is 12.3. The number of phosphoric ester groups is 1. The number of hydrogen-bond donors (Lipinski definition) is 0. The Balaban J connectivity index is 1.85. The van der Waals surface area contributed by atoms with E-state index in [2.05, 4.69) is 19.1 Å². The maximum absolute atomic E-state index is 11.7. The molecule has 6 heteroatoms. The third kappa shape index (κ3) is 18.3. The molecule has 0 amide bonds. The van der Waals surface area contributed by atoms with Crippen molar-refractivity contribution in [3.05, 3.63) is 42.7 Å². The summed E-state index contributed by atoms with van der Waals surface area (Å²) in [6.07, 6.45) is 25.6. The number of rotatable bonds is 21. The van der Waals surface area contributed by atoms with Gasteiger partial charge in [-0.25, -0.2) is 4.57 Å². The summed E-state index contributed by atoms with van der Waals surface area (Å²) in [5.74, 6) is 0. The Morgan fingerprint density at radius 2 is 1.26 bits per heavy atom. The van der Waals surface area contributed by atoms with Gasteiger partial charge in [0, 0.05) is 12.1 Å². The molecular formula is C25H44NO4P. The molecular weight excluding hydrogens is 409 g/mol. The van der Waals surface area contributed by atoms with Crippen molar-refractivity contribution in [1.82, 2.24) is 0 Å². The quantitative estimate of drug-likeness (QED) is 0.0921. The Bertz CT molecular complexity index is 594. The molecule has 0 N–H and O–H groups in total. The zero-order valence-electron chi connectivity index (χ0n) is 19.6. The maximum Gasteiger partial charge on any atom is 0.268 e. The minimum absolute atomic E-state index is 0.0862. The first kappa shape index (κ1) is 28.0. The number of nitrogens with zero attached hydrogens (tertiary/aromatic N) is 1. The SMILES string of the molecule is CCCCCCCC/C=C\CCCCCCCCOP(=O)([O-])OCC[n+]1ccccc1. The lowest BCUT2D eigenvalue weighted by Gasteiger charge is -2.21. The van der Waals surface area contributed by atoms with Crippen molar-refractivity contribution < 1.29 is 23.1 Å². The molecule has 1 aromatic rings. The molecule has 0 fully saturated rings. The van der Waals surface area contributed by atoms with Crippen LogP contribution in [0.1, 0.15) is 96.8 Å². The first-order valence-corrected chi connectivity index (χ1v) is 13.8. The van der Waals surface area contributed by atoms with Crippen molar-refractivity contribution in [2.45, 2.75) is 103 Å². The van der Waals surface area contributed by atoms with E-state index in [-0.39, 0.29) is 13.2 Å². The number of unbranched alkanes of at least 4 members (excludes halogenated alkanes) is 12. The van der Waals surface area contributed by atoms with Crippen molar-refractivity contribution >= 4 is 7.82 Å². The summed E-state index contributed by atoms with van der Waals surface area (Å²) >= 11 is 0. The van der Waals surface area contributed by atoms with Crippen LogP contribution in [0.2, 0.25) is 0 Å². The summed E-state index contributed by atoms with van der Waals surface area (Å²) in [7, 11) is -4.19. The number of aromatic nitrogens is 1. The average Bonchev–Trinajstić information content (AvgIpc) is 2.76. The Kier molecular flexibility index (Phi) is 17.8. The molecule has 178 valence electrons. The fourth-order valence-electron chi connectivity index (χ4n) is 3.40. The number of phosphoric acid groups is 1. The van der Waals surface area contributed by atoms with Crippen LogP contribution in [0.4, 0.5) is 0 Å². The van der Waals surface area contributed by atoms with E-state index in [1.807, 2.05) is 35.2 Å². The molecule has 0 aliphatic heterocycles. The smallest absolute Gasteiger partial charge is 0.268 e. The van der Waals surface area contributed by atoms with Gasteiger partial charge in [-0.3, -0.25) is 4.57 Å². The normalized spacial score (nSPS) is 13.6. The molecule has 0 radical (unpaired) electrons. The first-order chi connectivity index (χ1) is 15.1. The minimum Gasteiger partial charge on any atom is -0.756 e. The van der Waals surface area contributed by atoms with E-state index in [1.54, 1.807) is 0 Å². The van der Waals surface area contributed by atoms with Crippen LogP contribution in [0, 0.1) is 0 Å². The summed E-state index contributed by atoms with van der Waals surface area (Å²) in [6.45, 7) is 3.03. The van der Waals surface area contributed by atoms with Gasteiger partial charge in [0.05, 0.1) is 6.61 Å². The molecule has 0 aromatic carbocycles. The number of allylic oxidation sites excluding steroid dienone is 2. The Hall–Kier alpha value is -1.00. The monoisotopic (exact) mass is 453 g/mol. The molecule has 0 bridgehead atoms. The average molecular weight is 454 g/mol. The molecule has 5 nitrogen and oxygen atoms in total. The second-order valence-corrected chi connectivity index (χ2v) is 9.58. The third-order valence-corrected chi connectivity index (χ3v) is 6.28. The molecule has 1 atom stereocenters. The van der Waals surface area contributed by atoms with Gasteiger partial charge in [-0.05, 0) is 32.1 Å². The van der Waals surface area contributed by atoms with Crippen LogP contribution in [0.25, 0.3) is 0 Å². The van der Waals surface area contributed by atoms with Gasteiger partial charge in [-0.15, -0.1) is 0 Å². The van der Waals surface area contributed by atoms with Crippen LogP contribution in [0.3, 0.4) is 0 Å². The van der Waals surface area contributed by atoms with Gasteiger partial charge in [0.15, 0.2) is 18.9 Å². The van der Waals surface area contributed by atoms with E-state index in [9.17, 15) is 9.46 Å². The van der Waals surface area contributed by atoms with Gasteiger partial charge in [0.25, 0.3) is 7.82 Å². The molecule has 0 aliphatic carbocycles. The third-order valence-electron chi connectivity index (χ3n) is 5.28. The predicted octanol–water partition coefficient (Wildman–Crippen LogP) is 6.51. The largest absolute Gasteiger partial charge is 0.756 e. The summed E-state index contributed by atoms with van der Waals surface area (Å²) in [4.78, 5) is 11.7. The topological polar surface area (TPSA) is 62.5 Å². The Labute approximate surface area is 190 Å². The Morgan fingerprint density at radius 1 is 0.742 bits per heavy atom. The van der Waals surface area contributed by atoms with Crippen molar-refractivity contribution in [1.29, 1.82) is 0 Å². The molecule has 1 aromatic heterocycles. The minimum atomic E-state index is -4.19. The molecule has 31 heavy (non-hydrogen) atoms. The van der Waals surface area contributed by atoms with Gasteiger partial charge in [0.1, 0.15) is 6.61 Å². The van der Waals surface area contributed by atoms with Crippen LogP contribution < -0.4 is 9.46 Å². The van der Waals surface area contributed by atoms with E-state index < -0.39 is 7.82 Å². The number of hydrogen-bond acceptors (Lipinski definition) is 4. The zero-order chi connectivity index (χ0) is 22.5. The van der Waals surface area contributed by atoms with E-state index in [1.165, 1.54) is 70.6 Å². The zero-order valence-corrected chi connectivity index (χ0v) is 20.5. The summed E-state index contributed by atoms with van der Waals surface area (Å²) < 4.78 is 23.5. The van der Waals surface area contributed by atoms with E-state index in [0.717, 1.165) is 19.3 Å². The molecule has 0 saturated carbocycles. The van der Waals surface area contributed by atoms with E-state index >= 15 is 0 Å². The van der Waals surface area contributed by atoms with Gasteiger partial charge >= 0.3 is 0 Å².